The summed E-state index contributed by atoms with van der Waals surface area (Å²) in [6.45, 7) is 0.874. The second-order valence-electron chi connectivity index (χ2n) is 8.62. The van der Waals surface area contributed by atoms with Gasteiger partial charge in [0, 0.05) is 47.4 Å². The molecule has 0 bridgehead atoms. The van der Waals surface area contributed by atoms with Gasteiger partial charge < -0.3 is 20.1 Å². The van der Waals surface area contributed by atoms with Crippen LogP contribution in [0.5, 0.6) is 11.5 Å². The Hall–Kier alpha value is -2.92. The van der Waals surface area contributed by atoms with Crippen molar-refractivity contribution < 1.29 is 14.3 Å². The van der Waals surface area contributed by atoms with Gasteiger partial charge in [0.2, 0.25) is 5.13 Å². The summed E-state index contributed by atoms with van der Waals surface area (Å²) in [5.41, 5.74) is 8.48. The van der Waals surface area contributed by atoms with Crippen LogP contribution in [-0.4, -0.2) is 54.3 Å². The lowest BCUT2D eigenvalue weighted by Crippen LogP contribution is -2.47. The number of rotatable bonds is 7. The molecule has 4 unspecified atom stereocenters. The van der Waals surface area contributed by atoms with E-state index >= 15 is 0 Å². The summed E-state index contributed by atoms with van der Waals surface area (Å²) in [7, 11) is 3.10. The average molecular weight is 515 g/mol. The summed E-state index contributed by atoms with van der Waals surface area (Å²) < 4.78 is 10.5. The van der Waals surface area contributed by atoms with E-state index in [1.165, 1.54) is 11.3 Å². The number of halogens is 1. The molecule has 2 aliphatic rings. The largest absolute Gasteiger partial charge is 0.497 e. The van der Waals surface area contributed by atoms with Gasteiger partial charge in [-0.1, -0.05) is 23.5 Å². The predicted octanol–water partition coefficient (Wildman–Crippen LogP) is 3.75. The van der Waals surface area contributed by atoms with Gasteiger partial charge in [0.1, 0.15) is 16.5 Å². The highest BCUT2D eigenvalue weighted by Crippen LogP contribution is 2.35. The van der Waals surface area contributed by atoms with Crippen molar-refractivity contribution in [3.63, 3.8) is 0 Å². The second kappa shape index (κ2) is 10.4. The molecule has 1 aliphatic carbocycles. The summed E-state index contributed by atoms with van der Waals surface area (Å²) in [6, 6.07) is 13.2. The smallest absolute Gasteiger partial charge is 0.255 e. The number of nitrogens with zero attached hydrogens (tertiary/aromatic N) is 2. The molecule has 1 amide bonds. The molecular formula is C24H27ClN6O3S. The van der Waals surface area contributed by atoms with E-state index in [4.69, 9.17) is 21.1 Å². The minimum absolute atomic E-state index is 0.0115. The maximum atomic E-state index is 12.9. The minimum atomic E-state index is -0.265. The molecule has 1 saturated carbocycles. The van der Waals surface area contributed by atoms with Crippen LogP contribution in [0, 0.1) is 5.92 Å². The van der Waals surface area contributed by atoms with Crippen LogP contribution < -0.4 is 31.0 Å². The molecule has 1 aliphatic heterocycles. The van der Waals surface area contributed by atoms with Crippen molar-refractivity contribution in [3.05, 3.63) is 48.0 Å². The molecule has 2 heterocycles. The van der Waals surface area contributed by atoms with Gasteiger partial charge in [-0.2, -0.15) is 0 Å². The van der Waals surface area contributed by atoms with Gasteiger partial charge in [-0.25, -0.2) is 0 Å². The van der Waals surface area contributed by atoms with Crippen LogP contribution in [0.1, 0.15) is 23.2 Å². The van der Waals surface area contributed by atoms with Gasteiger partial charge in [0.05, 0.1) is 19.6 Å². The van der Waals surface area contributed by atoms with Crippen molar-refractivity contribution >= 4 is 39.7 Å². The molecular weight excluding hydrogens is 488 g/mol. The molecule has 4 N–H and O–H groups in total. The SMILES string of the molecule is COc1cc(OC)cc(C(=O)Nc2cccc(-c3nnc(NC4CCC5NNCC5C4Cl)s3)c2)c1. The van der Waals surface area contributed by atoms with Gasteiger partial charge >= 0.3 is 0 Å². The highest BCUT2D eigenvalue weighted by atomic mass is 35.5. The Kier molecular flexibility index (Phi) is 7.05. The van der Waals surface area contributed by atoms with Crippen molar-refractivity contribution in [2.45, 2.75) is 30.3 Å². The molecule has 4 atom stereocenters. The first-order valence-electron chi connectivity index (χ1n) is 11.4. The number of hydrogen-bond donors (Lipinski definition) is 4. The fraction of sp³-hybridized carbons (Fsp3) is 0.375. The number of nitrogens with one attached hydrogen (secondary N) is 4. The van der Waals surface area contributed by atoms with Crippen LogP contribution >= 0.6 is 22.9 Å². The lowest BCUT2D eigenvalue weighted by atomic mass is 9.82. The average Bonchev–Trinajstić information content (AvgIpc) is 3.56. The summed E-state index contributed by atoms with van der Waals surface area (Å²) >= 11 is 8.24. The normalized spacial score (nSPS) is 23.4. The third kappa shape index (κ3) is 5.20. The number of anilines is 2. The number of fused-ring (bicyclic) bond motifs is 1. The Labute approximate surface area is 212 Å². The maximum absolute atomic E-state index is 12.9. The van der Waals surface area contributed by atoms with Crippen LogP contribution in [0.2, 0.25) is 0 Å². The summed E-state index contributed by atoms with van der Waals surface area (Å²) in [5, 5.41) is 16.6. The number of methoxy groups -OCH3 is 2. The number of hydrazine groups is 1. The Bertz CT molecular complexity index is 1190. The maximum Gasteiger partial charge on any atom is 0.255 e. The monoisotopic (exact) mass is 514 g/mol. The molecule has 0 spiro atoms. The number of aromatic nitrogens is 2. The van der Waals surface area contributed by atoms with Crippen molar-refractivity contribution in [1.82, 2.24) is 21.0 Å². The molecule has 0 radical (unpaired) electrons. The van der Waals surface area contributed by atoms with Crippen LogP contribution in [0.15, 0.2) is 42.5 Å². The molecule has 1 aromatic heterocycles. The van der Waals surface area contributed by atoms with Gasteiger partial charge in [0.15, 0.2) is 0 Å². The first kappa shape index (κ1) is 23.8. The summed E-state index contributed by atoms with van der Waals surface area (Å²) in [6.07, 6.45) is 2.03. The molecule has 1 saturated heterocycles. The van der Waals surface area contributed by atoms with Crippen LogP contribution in [-0.2, 0) is 0 Å². The Balaban J connectivity index is 1.27. The third-order valence-electron chi connectivity index (χ3n) is 6.44. The van der Waals surface area contributed by atoms with E-state index in [-0.39, 0.29) is 17.3 Å². The minimum Gasteiger partial charge on any atom is -0.497 e. The van der Waals surface area contributed by atoms with Gasteiger partial charge in [0.25, 0.3) is 5.91 Å². The standard InChI is InChI=1S/C24H27ClN6O3S/c1-33-16-9-14(10-17(11-16)34-2)22(32)27-15-5-3-4-13(8-15)23-30-31-24(35-23)28-20-7-6-19-18(21(20)25)12-26-29-19/h3-5,8-11,18-21,26,29H,6-7,12H2,1-2H3,(H,27,32)(H,28,31). The topological polar surface area (TPSA) is 109 Å². The molecule has 184 valence electrons. The fourth-order valence-corrected chi connectivity index (χ4v) is 5.83. The second-order valence-corrected chi connectivity index (χ2v) is 10.1. The molecule has 2 aromatic carbocycles. The van der Waals surface area contributed by atoms with Crippen LogP contribution in [0.25, 0.3) is 10.6 Å². The quantitative estimate of drug-likeness (QED) is 0.353. The highest BCUT2D eigenvalue weighted by molar-refractivity contribution is 7.18. The number of benzene rings is 2. The van der Waals surface area contributed by atoms with E-state index in [0.29, 0.717) is 34.7 Å². The van der Waals surface area contributed by atoms with Crippen molar-refractivity contribution in [2.24, 2.45) is 5.92 Å². The first-order valence-corrected chi connectivity index (χ1v) is 12.7. The number of carbonyl (C=O) groups is 1. The molecule has 3 aromatic rings. The van der Waals surface area contributed by atoms with Crippen molar-refractivity contribution in [3.8, 4) is 22.1 Å². The van der Waals surface area contributed by atoms with Gasteiger partial charge in [-0.15, -0.1) is 21.8 Å². The number of carbonyl (C=O) groups excluding carboxylic acids is 1. The zero-order valence-electron chi connectivity index (χ0n) is 19.4. The van der Waals surface area contributed by atoms with E-state index in [1.807, 2.05) is 24.3 Å². The lowest BCUT2D eigenvalue weighted by Gasteiger charge is -2.35. The van der Waals surface area contributed by atoms with Crippen molar-refractivity contribution in [1.29, 1.82) is 0 Å². The first-order chi connectivity index (χ1) is 17.0. The Morgan fingerprint density at radius 1 is 1.11 bits per heavy atom. The molecule has 5 rings (SSSR count). The molecule has 11 heteroatoms. The third-order valence-corrected chi connectivity index (χ3v) is 7.97. The van der Waals surface area contributed by atoms with Crippen LogP contribution in [0.3, 0.4) is 0 Å². The molecule has 35 heavy (non-hydrogen) atoms. The molecule has 9 nitrogen and oxygen atoms in total. The van der Waals surface area contributed by atoms with Crippen molar-refractivity contribution in [2.75, 3.05) is 31.4 Å². The van der Waals surface area contributed by atoms with E-state index in [2.05, 4.69) is 31.7 Å². The zero-order valence-corrected chi connectivity index (χ0v) is 20.9. The summed E-state index contributed by atoms with van der Waals surface area (Å²) in [5.74, 6) is 1.22. The lowest BCUT2D eigenvalue weighted by molar-refractivity contribution is 0.102. The Morgan fingerprint density at radius 3 is 2.69 bits per heavy atom. The summed E-state index contributed by atoms with van der Waals surface area (Å²) in [4.78, 5) is 12.9. The van der Waals surface area contributed by atoms with Crippen LogP contribution in [0.4, 0.5) is 10.8 Å². The molecule has 2 fully saturated rings. The number of hydrogen-bond acceptors (Lipinski definition) is 9. The van der Waals surface area contributed by atoms with Gasteiger partial charge in [-0.05, 0) is 37.1 Å². The highest BCUT2D eigenvalue weighted by Gasteiger charge is 2.41. The predicted molar refractivity (Wildman–Crippen MR) is 138 cm³/mol. The van der Waals surface area contributed by atoms with Gasteiger partial charge in [-0.3, -0.25) is 15.6 Å². The van der Waals surface area contributed by atoms with E-state index < -0.39 is 0 Å². The number of alkyl halides is 1. The Morgan fingerprint density at radius 2 is 1.91 bits per heavy atom. The zero-order chi connectivity index (χ0) is 24.4. The number of amides is 1. The van der Waals surface area contributed by atoms with E-state index in [0.717, 1.165) is 35.1 Å². The van der Waals surface area contributed by atoms with E-state index in [9.17, 15) is 4.79 Å². The fourth-order valence-electron chi connectivity index (χ4n) is 4.58. The number of ether oxygens (including phenoxy) is 2. The van der Waals surface area contributed by atoms with E-state index in [1.54, 1.807) is 32.4 Å².